The van der Waals surface area contributed by atoms with Crippen LogP contribution in [0.3, 0.4) is 0 Å². The minimum absolute atomic E-state index is 0. The fourth-order valence-electron chi connectivity index (χ4n) is 2.61. The molecule has 1 saturated heterocycles. The molecule has 1 fully saturated rings. The van der Waals surface area contributed by atoms with Gasteiger partial charge in [0.2, 0.25) is 0 Å². The summed E-state index contributed by atoms with van der Waals surface area (Å²) in [6.45, 7) is 1.87. The summed E-state index contributed by atoms with van der Waals surface area (Å²) < 4.78 is 0. The molecule has 7 nitrogen and oxygen atoms in total. The highest BCUT2D eigenvalue weighted by Crippen LogP contribution is 2.22. The Kier molecular flexibility index (Phi) is 8.34. The van der Waals surface area contributed by atoms with Crippen molar-refractivity contribution in [1.29, 1.82) is 0 Å². The molecule has 24 heavy (non-hydrogen) atoms. The van der Waals surface area contributed by atoms with Crippen molar-refractivity contribution in [1.82, 2.24) is 20.5 Å². The zero-order valence-corrected chi connectivity index (χ0v) is 15.4. The SMILES string of the molecule is Cl.Cl.NCc1nc(C(=O)NCC2CCCN2c2cccnn2)cs1. The number of halogens is 2. The van der Waals surface area contributed by atoms with Gasteiger partial charge in [0.15, 0.2) is 5.82 Å². The van der Waals surface area contributed by atoms with Crippen molar-refractivity contribution in [3.63, 3.8) is 0 Å². The van der Waals surface area contributed by atoms with Crippen LogP contribution in [0.25, 0.3) is 0 Å². The molecular formula is C14H20Cl2N6OS. The average Bonchev–Trinajstić information content (AvgIpc) is 3.22. The van der Waals surface area contributed by atoms with Crippen molar-refractivity contribution in [2.75, 3.05) is 18.0 Å². The molecule has 0 saturated carbocycles. The van der Waals surface area contributed by atoms with E-state index in [1.54, 1.807) is 11.6 Å². The lowest BCUT2D eigenvalue weighted by Gasteiger charge is -2.25. The second-order valence-corrected chi connectivity index (χ2v) is 6.05. The molecule has 10 heteroatoms. The van der Waals surface area contributed by atoms with Crippen LogP contribution in [-0.2, 0) is 6.54 Å². The van der Waals surface area contributed by atoms with Crippen LogP contribution < -0.4 is 16.0 Å². The van der Waals surface area contributed by atoms with Crippen molar-refractivity contribution in [2.24, 2.45) is 5.73 Å². The molecule has 0 bridgehead atoms. The molecule has 3 heterocycles. The lowest BCUT2D eigenvalue weighted by atomic mass is 10.2. The van der Waals surface area contributed by atoms with E-state index in [2.05, 4.69) is 25.4 Å². The minimum Gasteiger partial charge on any atom is -0.350 e. The molecule has 1 aliphatic rings. The van der Waals surface area contributed by atoms with Gasteiger partial charge in [-0.15, -0.1) is 41.2 Å². The molecular weight excluding hydrogens is 371 g/mol. The number of thiazole rings is 1. The van der Waals surface area contributed by atoms with E-state index in [9.17, 15) is 4.79 Å². The van der Waals surface area contributed by atoms with Crippen LogP contribution in [0.4, 0.5) is 5.82 Å². The van der Waals surface area contributed by atoms with E-state index in [0.717, 1.165) is 30.2 Å². The first-order valence-electron chi connectivity index (χ1n) is 7.25. The van der Waals surface area contributed by atoms with Gasteiger partial charge >= 0.3 is 0 Å². The van der Waals surface area contributed by atoms with Gasteiger partial charge in [0.05, 0.1) is 0 Å². The normalized spacial score (nSPS) is 16.2. The second-order valence-electron chi connectivity index (χ2n) is 5.11. The van der Waals surface area contributed by atoms with Gasteiger partial charge < -0.3 is 16.0 Å². The van der Waals surface area contributed by atoms with Gasteiger partial charge in [-0.3, -0.25) is 4.79 Å². The highest BCUT2D eigenvalue weighted by Gasteiger charge is 2.26. The van der Waals surface area contributed by atoms with Gasteiger partial charge in [-0.25, -0.2) is 4.98 Å². The maximum Gasteiger partial charge on any atom is 0.270 e. The minimum atomic E-state index is -0.151. The topological polar surface area (TPSA) is 97.0 Å². The molecule has 1 unspecified atom stereocenters. The van der Waals surface area contributed by atoms with Crippen molar-refractivity contribution in [3.8, 4) is 0 Å². The van der Waals surface area contributed by atoms with Crippen LogP contribution in [0, 0.1) is 0 Å². The predicted octanol–water partition coefficient (Wildman–Crippen LogP) is 1.63. The van der Waals surface area contributed by atoms with Gasteiger partial charge in [-0.1, -0.05) is 0 Å². The van der Waals surface area contributed by atoms with E-state index in [1.807, 2.05) is 12.1 Å². The van der Waals surface area contributed by atoms with E-state index in [4.69, 9.17) is 5.73 Å². The Morgan fingerprint density at radius 1 is 1.46 bits per heavy atom. The summed E-state index contributed by atoms with van der Waals surface area (Å²) in [6.07, 6.45) is 3.78. The summed E-state index contributed by atoms with van der Waals surface area (Å²) in [4.78, 5) is 18.5. The third-order valence-electron chi connectivity index (χ3n) is 3.69. The molecule has 0 radical (unpaired) electrons. The first kappa shape index (κ1) is 20.6. The second kappa shape index (κ2) is 9.73. The maximum atomic E-state index is 12.1. The van der Waals surface area contributed by atoms with E-state index in [1.165, 1.54) is 11.3 Å². The summed E-state index contributed by atoms with van der Waals surface area (Å²) in [5.74, 6) is 0.709. The molecule has 1 atom stereocenters. The fraction of sp³-hybridized carbons (Fsp3) is 0.429. The number of nitrogens with one attached hydrogen (secondary N) is 1. The molecule has 132 valence electrons. The predicted molar refractivity (Wildman–Crippen MR) is 99.2 cm³/mol. The number of carbonyl (C=O) groups is 1. The number of hydrogen-bond acceptors (Lipinski definition) is 7. The zero-order chi connectivity index (χ0) is 15.4. The monoisotopic (exact) mass is 390 g/mol. The third kappa shape index (κ3) is 4.76. The Labute approximate surface area is 156 Å². The number of anilines is 1. The van der Waals surface area contributed by atoms with Crippen molar-refractivity contribution in [2.45, 2.75) is 25.4 Å². The number of amides is 1. The molecule has 1 amide bonds. The number of nitrogens with two attached hydrogens (primary N) is 1. The van der Waals surface area contributed by atoms with E-state index in [0.29, 0.717) is 18.8 Å². The van der Waals surface area contributed by atoms with Crippen LogP contribution >= 0.6 is 36.2 Å². The molecule has 0 spiro atoms. The molecule has 3 N–H and O–H groups in total. The average molecular weight is 391 g/mol. The number of aromatic nitrogens is 3. The first-order chi connectivity index (χ1) is 10.8. The van der Waals surface area contributed by atoms with E-state index >= 15 is 0 Å². The van der Waals surface area contributed by atoms with Crippen LogP contribution in [-0.4, -0.2) is 40.2 Å². The summed E-state index contributed by atoms with van der Waals surface area (Å²) in [6, 6.07) is 4.06. The molecule has 1 aliphatic heterocycles. The smallest absolute Gasteiger partial charge is 0.270 e. The van der Waals surface area contributed by atoms with Crippen LogP contribution in [0.1, 0.15) is 28.3 Å². The molecule has 2 aromatic heterocycles. The lowest BCUT2D eigenvalue weighted by molar-refractivity contribution is 0.0947. The number of hydrogen-bond donors (Lipinski definition) is 2. The van der Waals surface area contributed by atoms with Crippen LogP contribution in [0.15, 0.2) is 23.7 Å². The Balaban J connectivity index is 0.00000144. The Morgan fingerprint density at radius 2 is 2.29 bits per heavy atom. The third-order valence-corrected chi connectivity index (χ3v) is 4.56. The number of carbonyl (C=O) groups excluding carboxylic acids is 1. The zero-order valence-electron chi connectivity index (χ0n) is 12.9. The van der Waals surface area contributed by atoms with Crippen molar-refractivity contribution < 1.29 is 4.79 Å². The fourth-order valence-corrected chi connectivity index (χ4v) is 3.26. The van der Waals surface area contributed by atoms with Gasteiger partial charge in [-0.2, -0.15) is 5.10 Å². The lowest BCUT2D eigenvalue weighted by Crippen LogP contribution is -2.40. The standard InChI is InChI=1S/C14H18N6OS.2ClH/c15-7-13-18-11(9-22-13)14(21)16-8-10-3-2-6-20(10)12-4-1-5-17-19-12;;/h1,4-5,9-10H,2-3,6-8,15H2,(H,16,21);2*1H. The molecule has 3 rings (SSSR count). The van der Waals surface area contributed by atoms with Gasteiger partial charge in [0, 0.05) is 37.3 Å². The van der Waals surface area contributed by atoms with Crippen molar-refractivity contribution >= 4 is 47.9 Å². The first-order valence-corrected chi connectivity index (χ1v) is 8.13. The van der Waals surface area contributed by atoms with E-state index in [-0.39, 0.29) is 36.8 Å². The highest BCUT2D eigenvalue weighted by atomic mass is 35.5. The number of rotatable bonds is 5. The highest BCUT2D eigenvalue weighted by molar-refractivity contribution is 7.09. The Morgan fingerprint density at radius 3 is 2.96 bits per heavy atom. The van der Waals surface area contributed by atoms with Gasteiger partial charge in [-0.05, 0) is 25.0 Å². The maximum absolute atomic E-state index is 12.1. The molecule has 0 aromatic carbocycles. The Hall–Kier alpha value is -1.48. The quantitative estimate of drug-likeness (QED) is 0.804. The summed E-state index contributed by atoms with van der Waals surface area (Å²) >= 11 is 1.41. The largest absolute Gasteiger partial charge is 0.350 e. The van der Waals surface area contributed by atoms with Crippen LogP contribution in [0.2, 0.25) is 0 Å². The van der Waals surface area contributed by atoms with E-state index < -0.39 is 0 Å². The summed E-state index contributed by atoms with van der Waals surface area (Å²) in [5, 5.41) is 13.5. The summed E-state index contributed by atoms with van der Waals surface area (Å²) in [7, 11) is 0. The number of nitrogens with zero attached hydrogens (tertiary/aromatic N) is 4. The van der Waals surface area contributed by atoms with Gasteiger partial charge in [0.1, 0.15) is 10.7 Å². The van der Waals surface area contributed by atoms with Crippen molar-refractivity contribution in [3.05, 3.63) is 34.4 Å². The summed E-state index contributed by atoms with van der Waals surface area (Å²) in [5.41, 5.74) is 5.96. The Bertz CT molecular complexity index is 641. The molecule has 0 aliphatic carbocycles. The van der Waals surface area contributed by atoms with Crippen LogP contribution in [0.5, 0.6) is 0 Å². The molecule has 2 aromatic rings. The van der Waals surface area contributed by atoms with Gasteiger partial charge in [0.25, 0.3) is 5.91 Å².